The fraction of sp³-hybridized carbons (Fsp3) is 0.368. The summed E-state index contributed by atoms with van der Waals surface area (Å²) in [6.07, 6.45) is 2.85. The molecule has 27 heavy (non-hydrogen) atoms. The molecule has 0 aliphatic heterocycles. The molecule has 8 nitrogen and oxygen atoms in total. The molecule has 3 aromatic rings. The van der Waals surface area contributed by atoms with Crippen molar-refractivity contribution in [1.82, 2.24) is 24.6 Å². The number of nitrogens with zero attached hydrogens (tertiary/aromatic N) is 5. The molecule has 2 heterocycles. The van der Waals surface area contributed by atoms with Crippen molar-refractivity contribution in [3.63, 3.8) is 0 Å². The molecule has 0 saturated heterocycles. The lowest BCUT2D eigenvalue weighted by Crippen LogP contribution is -2.32. The van der Waals surface area contributed by atoms with Crippen molar-refractivity contribution < 1.29 is 4.79 Å². The summed E-state index contributed by atoms with van der Waals surface area (Å²) in [5.41, 5.74) is 2.40. The molecule has 3 rings (SSSR count). The van der Waals surface area contributed by atoms with Crippen LogP contribution in [0.1, 0.15) is 19.4 Å². The smallest absolute Gasteiger partial charge is 0.264 e. The second-order valence-electron chi connectivity index (χ2n) is 6.30. The highest BCUT2D eigenvalue weighted by atomic mass is 16.2. The number of nitrogens with one attached hydrogen (secondary N) is 1. The molecule has 0 aliphatic rings. The predicted molar refractivity (Wildman–Crippen MR) is 105 cm³/mol. The van der Waals surface area contributed by atoms with E-state index in [9.17, 15) is 9.59 Å². The minimum atomic E-state index is -0.271. The summed E-state index contributed by atoms with van der Waals surface area (Å²) >= 11 is 0. The number of benzene rings is 1. The van der Waals surface area contributed by atoms with Crippen molar-refractivity contribution in [2.24, 2.45) is 7.05 Å². The molecule has 0 unspecified atom stereocenters. The van der Waals surface area contributed by atoms with Crippen LogP contribution < -0.4 is 15.8 Å². The SMILES string of the molecule is CCN(CC)c1ccc(CNC(=O)Cn2cnc3c(cnn3C)c2=O)cc1. The van der Waals surface area contributed by atoms with Gasteiger partial charge in [-0.05, 0) is 31.5 Å². The maximum absolute atomic E-state index is 12.4. The zero-order chi connectivity index (χ0) is 19.4. The van der Waals surface area contributed by atoms with E-state index in [1.165, 1.54) is 21.8 Å². The van der Waals surface area contributed by atoms with E-state index in [0.717, 1.165) is 24.3 Å². The van der Waals surface area contributed by atoms with Gasteiger partial charge in [-0.15, -0.1) is 0 Å². The zero-order valence-electron chi connectivity index (χ0n) is 15.8. The number of carbonyl (C=O) groups excluding carboxylic acids is 1. The molecule has 1 N–H and O–H groups in total. The fourth-order valence-corrected chi connectivity index (χ4v) is 3.00. The molecule has 0 atom stereocenters. The van der Waals surface area contributed by atoms with Crippen LogP contribution in [0, 0.1) is 0 Å². The van der Waals surface area contributed by atoms with Crippen LogP contribution in [0.25, 0.3) is 11.0 Å². The van der Waals surface area contributed by atoms with Crippen LogP contribution in [0.15, 0.2) is 41.6 Å². The third-order valence-corrected chi connectivity index (χ3v) is 4.59. The van der Waals surface area contributed by atoms with Gasteiger partial charge < -0.3 is 10.2 Å². The Balaban J connectivity index is 1.61. The van der Waals surface area contributed by atoms with Gasteiger partial charge in [-0.3, -0.25) is 18.8 Å². The highest BCUT2D eigenvalue weighted by Gasteiger charge is 2.11. The molecule has 0 bridgehead atoms. The Morgan fingerprint density at radius 1 is 1.19 bits per heavy atom. The quantitative estimate of drug-likeness (QED) is 0.679. The van der Waals surface area contributed by atoms with Crippen LogP contribution in [0.4, 0.5) is 5.69 Å². The predicted octanol–water partition coefficient (Wildman–Crippen LogP) is 1.29. The number of hydrogen-bond acceptors (Lipinski definition) is 5. The molecule has 1 amide bonds. The van der Waals surface area contributed by atoms with E-state index in [1.54, 1.807) is 7.05 Å². The largest absolute Gasteiger partial charge is 0.372 e. The van der Waals surface area contributed by atoms with Gasteiger partial charge in [0.15, 0.2) is 5.65 Å². The van der Waals surface area contributed by atoms with Crippen LogP contribution in [0.5, 0.6) is 0 Å². The lowest BCUT2D eigenvalue weighted by atomic mass is 10.2. The van der Waals surface area contributed by atoms with E-state index in [2.05, 4.69) is 46.3 Å². The molecule has 142 valence electrons. The standard InChI is InChI=1S/C19H24N6O2/c1-4-24(5-2)15-8-6-14(7-9-15)10-20-17(26)12-25-13-21-18-16(19(25)27)11-22-23(18)3/h6-9,11,13H,4-5,10,12H2,1-3H3,(H,20,26). The summed E-state index contributed by atoms with van der Waals surface area (Å²) in [7, 11) is 1.72. The Hall–Kier alpha value is -3.16. The maximum Gasteiger partial charge on any atom is 0.264 e. The third-order valence-electron chi connectivity index (χ3n) is 4.59. The first-order valence-electron chi connectivity index (χ1n) is 9.01. The summed E-state index contributed by atoms with van der Waals surface area (Å²) in [6.45, 7) is 6.49. The Bertz CT molecular complexity index is 986. The average molecular weight is 368 g/mol. The Morgan fingerprint density at radius 2 is 1.89 bits per heavy atom. The first kappa shape index (κ1) is 18.6. The van der Waals surface area contributed by atoms with Crippen LogP contribution >= 0.6 is 0 Å². The van der Waals surface area contributed by atoms with Crippen molar-refractivity contribution in [3.05, 3.63) is 52.7 Å². The first-order chi connectivity index (χ1) is 13.0. The summed E-state index contributed by atoms with van der Waals surface area (Å²) < 4.78 is 2.83. The number of anilines is 1. The molecule has 0 saturated carbocycles. The molecule has 0 spiro atoms. The maximum atomic E-state index is 12.4. The highest BCUT2D eigenvalue weighted by Crippen LogP contribution is 2.14. The lowest BCUT2D eigenvalue weighted by Gasteiger charge is -2.21. The fourth-order valence-electron chi connectivity index (χ4n) is 3.00. The van der Waals surface area contributed by atoms with Crippen LogP contribution in [0.3, 0.4) is 0 Å². The van der Waals surface area contributed by atoms with E-state index in [-0.39, 0.29) is 18.0 Å². The lowest BCUT2D eigenvalue weighted by molar-refractivity contribution is -0.121. The van der Waals surface area contributed by atoms with E-state index in [1.807, 2.05) is 12.1 Å². The van der Waals surface area contributed by atoms with Crippen molar-refractivity contribution in [3.8, 4) is 0 Å². The molecular formula is C19H24N6O2. The first-order valence-corrected chi connectivity index (χ1v) is 9.01. The monoisotopic (exact) mass is 368 g/mol. The normalized spacial score (nSPS) is 10.9. The summed E-state index contributed by atoms with van der Waals surface area (Å²) in [5, 5.41) is 7.27. The van der Waals surface area contributed by atoms with E-state index < -0.39 is 0 Å². The second-order valence-corrected chi connectivity index (χ2v) is 6.30. The Labute approximate surface area is 157 Å². The number of aryl methyl sites for hydroxylation is 1. The van der Waals surface area contributed by atoms with Crippen molar-refractivity contribution in [1.29, 1.82) is 0 Å². The number of hydrogen-bond donors (Lipinski definition) is 1. The van der Waals surface area contributed by atoms with Crippen LogP contribution in [-0.4, -0.2) is 38.3 Å². The van der Waals surface area contributed by atoms with Gasteiger partial charge in [0.1, 0.15) is 18.3 Å². The number of carbonyl (C=O) groups is 1. The minimum Gasteiger partial charge on any atom is -0.372 e. The molecule has 2 aromatic heterocycles. The minimum absolute atomic E-state index is 0.0752. The van der Waals surface area contributed by atoms with Crippen molar-refractivity contribution in [2.75, 3.05) is 18.0 Å². The van der Waals surface area contributed by atoms with E-state index in [4.69, 9.17) is 0 Å². The molecular weight excluding hydrogens is 344 g/mol. The van der Waals surface area contributed by atoms with E-state index >= 15 is 0 Å². The Kier molecular flexibility index (Phi) is 5.54. The van der Waals surface area contributed by atoms with Crippen molar-refractivity contribution in [2.45, 2.75) is 26.9 Å². The number of rotatable bonds is 7. The topological polar surface area (TPSA) is 85.1 Å². The number of fused-ring (bicyclic) bond motifs is 1. The van der Waals surface area contributed by atoms with Gasteiger partial charge in [0, 0.05) is 32.4 Å². The summed E-state index contributed by atoms with van der Waals surface area (Å²) in [6, 6.07) is 8.12. The van der Waals surface area contributed by atoms with Gasteiger partial charge in [0.05, 0.1) is 6.20 Å². The molecule has 8 heteroatoms. The molecule has 0 aliphatic carbocycles. The molecule has 0 radical (unpaired) electrons. The van der Waals surface area contributed by atoms with Gasteiger partial charge >= 0.3 is 0 Å². The van der Waals surface area contributed by atoms with Gasteiger partial charge in [0.25, 0.3) is 5.56 Å². The average Bonchev–Trinajstić information content (AvgIpc) is 3.06. The van der Waals surface area contributed by atoms with E-state index in [0.29, 0.717) is 17.6 Å². The molecule has 1 aromatic carbocycles. The summed E-state index contributed by atoms with van der Waals surface area (Å²) in [5.74, 6) is -0.241. The van der Waals surface area contributed by atoms with Crippen LogP contribution in [0.2, 0.25) is 0 Å². The van der Waals surface area contributed by atoms with Gasteiger partial charge in [-0.25, -0.2) is 4.98 Å². The van der Waals surface area contributed by atoms with Crippen LogP contribution in [-0.2, 0) is 24.9 Å². The second kappa shape index (κ2) is 8.03. The number of amides is 1. The summed E-state index contributed by atoms with van der Waals surface area (Å²) in [4.78, 5) is 31.1. The van der Waals surface area contributed by atoms with Gasteiger partial charge in [-0.2, -0.15) is 5.10 Å². The Morgan fingerprint density at radius 3 is 2.56 bits per heavy atom. The van der Waals surface area contributed by atoms with Crippen molar-refractivity contribution >= 4 is 22.6 Å². The highest BCUT2D eigenvalue weighted by molar-refractivity contribution is 5.77. The third kappa shape index (κ3) is 3.99. The molecule has 0 fully saturated rings. The zero-order valence-corrected chi connectivity index (χ0v) is 15.8. The van der Waals surface area contributed by atoms with Gasteiger partial charge in [-0.1, -0.05) is 12.1 Å². The number of aromatic nitrogens is 4. The van der Waals surface area contributed by atoms with Gasteiger partial charge in [0.2, 0.25) is 5.91 Å².